The number of hydrogen-bond acceptors (Lipinski definition) is 4. The zero-order valence-corrected chi connectivity index (χ0v) is 14.6. The van der Waals surface area contributed by atoms with Crippen molar-refractivity contribution in [3.05, 3.63) is 35.9 Å². The zero-order chi connectivity index (χ0) is 17.6. The van der Waals surface area contributed by atoms with Crippen molar-refractivity contribution in [3.8, 4) is 0 Å². The Hall–Kier alpha value is -1.92. The van der Waals surface area contributed by atoms with E-state index < -0.39 is 6.10 Å². The number of hydrogen-bond donors (Lipinski definition) is 1. The fourth-order valence-electron chi connectivity index (χ4n) is 3.53. The molecule has 6 heteroatoms. The number of carbonyl (C=O) groups excluding carboxylic acids is 2. The summed E-state index contributed by atoms with van der Waals surface area (Å²) >= 11 is 0. The standard InChI is InChI=1S/C19H27N3O3/c23-17(16-5-2-1-3-6-16)15-20-11-13-22(14-12-20)19(25)8-10-21-9-4-7-18(21)24/h1-3,5-6,17,23H,4,7-15H2/t17-/m1/s1. The minimum atomic E-state index is -0.496. The third kappa shape index (κ3) is 4.80. The summed E-state index contributed by atoms with van der Waals surface area (Å²) in [6.45, 7) is 4.86. The maximum absolute atomic E-state index is 12.3. The molecule has 6 nitrogen and oxygen atoms in total. The first kappa shape index (κ1) is 17.9. The molecule has 0 aliphatic carbocycles. The van der Waals surface area contributed by atoms with Crippen LogP contribution in [0.4, 0.5) is 0 Å². The summed E-state index contributed by atoms with van der Waals surface area (Å²) < 4.78 is 0. The molecule has 2 aliphatic heterocycles. The van der Waals surface area contributed by atoms with Crippen molar-refractivity contribution in [1.82, 2.24) is 14.7 Å². The van der Waals surface area contributed by atoms with Gasteiger partial charge in [0, 0.05) is 58.7 Å². The van der Waals surface area contributed by atoms with Gasteiger partial charge < -0.3 is 14.9 Å². The molecule has 136 valence electrons. The molecule has 1 aromatic carbocycles. The molecule has 1 atom stereocenters. The van der Waals surface area contributed by atoms with Gasteiger partial charge in [0.15, 0.2) is 0 Å². The van der Waals surface area contributed by atoms with E-state index in [1.165, 1.54) is 0 Å². The molecule has 2 fully saturated rings. The Balaban J connectivity index is 1.39. The summed E-state index contributed by atoms with van der Waals surface area (Å²) in [5.74, 6) is 0.301. The smallest absolute Gasteiger partial charge is 0.224 e. The number of aliphatic hydroxyl groups excluding tert-OH is 1. The van der Waals surface area contributed by atoms with Crippen molar-refractivity contribution in [2.75, 3.05) is 45.8 Å². The number of β-amino-alcohol motifs (C(OH)–C–C–N with tert-alkyl or cyclic N) is 1. The predicted octanol–water partition coefficient (Wildman–Crippen LogP) is 0.877. The van der Waals surface area contributed by atoms with Crippen LogP contribution in [0.15, 0.2) is 30.3 Å². The van der Waals surface area contributed by atoms with Gasteiger partial charge in [-0.3, -0.25) is 14.5 Å². The SMILES string of the molecule is O=C1CCCN1CCC(=O)N1CCN(C[C@@H](O)c2ccccc2)CC1. The van der Waals surface area contributed by atoms with Gasteiger partial charge in [-0.05, 0) is 12.0 Å². The average Bonchev–Trinajstić information content (AvgIpc) is 3.06. The topological polar surface area (TPSA) is 64.1 Å². The van der Waals surface area contributed by atoms with Gasteiger partial charge in [-0.1, -0.05) is 30.3 Å². The molecule has 0 aromatic heterocycles. The van der Waals surface area contributed by atoms with Crippen molar-refractivity contribution in [2.24, 2.45) is 0 Å². The van der Waals surface area contributed by atoms with Crippen molar-refractivity contribution < 1.29 is 14.7 Å². The molecule has 1 N–H and O–H groups in total. The van der Waals surface area contributed by atoms with E-state index in [2.05, 4.69) is 4.90 Å². The minimum Gasteiger partial charge on any atom is -0.387 e. The summed E-state index contributed by atoms with van der Waals surface area (Å²) in [6, 6.07) is 9.67. The molecule has 2 heterocycles. The van der Waals surface area contributed by atoms with Gasteiger partial charge in [0.1, 0.15) is 0 Å². The van der Waals surface area contributed by atoms with Crippen LogP contribution in [-0.2, 0) is 9.59 Å². The molecule has 2 saturated heterocycles. The van der Waals surface area contributed by atoms with Gasteiger partial charge in [0.05, 0.1) is 6.10 Å². The van der Waals surface area contributed by atoms with Crippen molar-refractivity contribution in [1.29, 1.82) is 0 Å². The Labute approximate surface area is 149 Å². The van der Waals surface area contributed by atoms with Gasteiger partial charge in [-0.2, -0.15) is 0 Å². The van der Waals surface area contributed by atoms with Gasteiger partial charge in [0.25, 0.3) is 0 Å². The van der Waals surface area contributed by atoms with Crippen LogP contribution in [0.25, 0.3) is 0 Å². The first-order chi connectivity index (χ1) is 12.1. The van der Waals surface area contributed by atoms with Gasteiger partial charge >= 0.3 is 0 Å². The number of piperazine rings is 1. The monoisotopic (exact) mass is 345 g/mol. The minimum absolute atomic E-state index is 0.128. The second kappa shape index (κ2) is 8.45. The highest BCUT2D eigenvalue weighted by Crippen LogP contribution is 2.15. The van der Waals surface area contributed by atoms with Gasteiger partial charge in [-0.25, -0.2) is 0 Å². The van der Waals surface area contributed by atoms with Crippen LogP contribution in [-0.4, -0.2) is 77.4 Å². The normalized spacial score (nSPS) is 20.1. The molecule has 0 bridgehead atoms. The molecule has 0 radical (unpaired) electrons. The molecule has 2 aliphatic rings. The average molecular weight is 345 g/mol. The van der Waals surface area contributed by atoms with Crippen molar-refractivity contribution in [2.45, 2.75) is 25.4 Å². The highest BCUT2D eigenvalue weighted by Gasteiger charge is 2.25. The summed E-state index contributed by atoms with van der Waals surface area (Å²) in [5, 5.41) is 10.3. The second-order valence-electron chi connectivity index (χ2n) is 6.84. The van der Waals surface area contributed by atoms with Crippen LogP contribution < -0.4 is 0 Å². The lowest BCUT2D eigenvalue weighted by Crippen LogP contribution is -2.50. The largest absolute Gasteiger partial charge is 0.387 e. The van der Waals surface area contributed by atoms with Crippen molar-refractivity contribution in [3.63, 3.8) is 0 Å². The molecule has 0 spiro atoms. The van der Waals surface area contributed by atoms with E-state index in [-0.39, 0.29) is 11.8 Å². The molecular formula is C19H27N3O3. The van der Waals surface area contributed by atoms with E-state index in [1.54, 1.807) is 4.90 Å². The number of rotatable bonds is 6. The number of carbonyl (C=O) groups is 2. The molecule has 25 heavy (non-hydrogen) atoms. The van der Waals surface area contributed by atoms with Crippen molar-refractivity contribution >= 4 is 11.8 Å². The number of nitrogens with zero attached hydrogens (tertiary/aromatic N) is 3. The lowest BCUT2D eigenvalue weighted by Gasteiger charge is -2.36. The third-order valence-corrected chi connectivity index (χ3v) is 5.11. The van der Waals surface area contributed by atoms with Gasteiger partial charge in [0.2, 0.25) is 11.8 Å². The molecule has 1 aromatic rings. The Bertz CT molecular complexity index is 585. The summed E-state index contributed by atoms with van der Waals surface area (Å²) in [7, 11) is 0. The quantitative estimate of drug-likeness (QED) is 0.831. The molecule has 0 saturated carbocycles. The highest BCUT2D eigenvalue weighted by molar-refractivity contribution is 5.80. The van der Waals surface area contributed by atoms with E-state index in [4.69, 9.17) is 0 Å². The first-order valence-electron chi connectivity index (χ1n) is 9.14. The predicted molar refractivity (Wildman–Crippen MR) is 94.9 cm³/mol. The van der Waals surface area contributed by atoms with Crippen LogP contribution in [0.3, 0.4) is 0 Å². The van der Waals surface area contributed by atoms with E-state index in [9.17, 15) is 14.7 Å². The van der Waals surface area contributed by atoms with Crippen LogP contribution in [0, 0.1) is 0 Å². The van der Waals surface area contributed by atoms with Crippen LogP contribution in [0.1, 0.15) is 30.9 Å². The van der Waals surface area contributed by atoms with Gasteiger partial charge in [-0.15, -0.1) is 0 Å². The zero-order valence-electron chi connectivity index (χ0n) is 14.6. The lowest BCUT2D eigenvalue weighted by atomic mass is 10.1. The Morgan fingerprint density at radius 2 is 1.80 bits per heavy atom. The summed E-state index contributed by atoms with van der Waals surface area (Å²) in [6.07, 6.45) is 1.45. The van der Waals surface area contributed by atoms with E-state index in [1.807, 2.05) is 35.2 Å². The fraction of sp³-hybridized carbons (Fsp3) is 0.579. The van der Waals surface area contributed by atoms with Crippen LogP contribution in [0.5, 0.6) is 0 Å². The maximum Gasteiger partial charge on any atom is 0.224 e. The number of benzene rings is 1. The van der Waals surface area contributed by atoms with E-state index in [0.717, 1.165) is 31.6 Å². The van der Waals surface area contributed by atoms with E-state index >= 15 is 0 Å². The first-order valence-corrected chi connectivity index (χ1v) is 9.14. The lowest BCUT2D eigenvalue weighted by molar-refractivity contribution is -0.134. The van der Waals surface area contributed by atoms with Crippen LogP contribution in [0.2, 0.25) is 0 Å². The summed E-state index contributed by atoms with van der Waals surface area (Å²) in [4.78, 5) is 29.8. The Morgan fingerprint density at radius 1 is 1.08 bits per heavy atom. The molecular weight excluding hydrogens is 318 g/mol. The maximum atomic E-state index is 12.3. The molecule has 2 amide bonds. The van der Waals surface area contributed by atoms with Crippen LogP contribution >= 0.6 is 0 Å². The molecule has 0 unspecified atom stereocenters. The third-order valence-electron chi connectivity index (χ3n) is 5.11. The fourth-order valence-corrected chi connectivity index (χ4v) is 3.53. The second-order valence-corrected chi connectivity index (χ2v) is 6.84. The van der Waals surface area contributed by atoms with E-state index in [0.29, 0.717) is 39.0 Å². The Morgan fingerprint density at radius 3 is 2.44 bits per heavy atom. The Kier molecular flexibility index (Phi) is 6.04. The molecule has 3 rings (SSSR count). The number of likely N-dealkylation sites (tertiary alicyclic amines) is 1. The number of aliphatic hydroxyl groups is 1. The number of amides is 2. The highest BCUT2D eigenvalue weighted by atomic mass is 16.3. The summed E-state index contributed by atoms with van der Waals surface area (Å²) in [5.41, 5.74) is 0.927.